The number of carbonyl (C=O) groups excluding carboxylic acids is 1. The van der Waals surface area contributed by atoms with Crippen LogP contribution in [0.5, 0.6) is 0 Å². The monoisotopic (exact) mass is 524 g/mol. The summed E-state index contributed by atoms with van der Waals surface area (Å²) in [6, 6.07) is 5.15. The Kier molecular flexibility index (Phi) is 17.8. The Morgan fingerprint density at radius 2 is 1.19 bits per heavy atom. The van der Waals surface area contributed by atoms with Crippen molar-refractivity contribution in [1.29, 1.82) is 0 Å². The second kappa shape index (κ2) is 19.6. The summed E-state index contributed by atoms with van der Waals surface area (Å²) in [5.41, 5.74) is 0.942. The fraction of sp³-hybridized carbons (Fsp3) is 0.759. The van der Waals surface area contributed by atoms with Crippen molar-refractivity contribution in [2.24, 2.45) is 0 Å². The van der Waals surface area contributed by atoms with Crippen LogP contribution in [0.1, 0.15) is 122 Å². The number of nitrogens with one attached hydrogen (secondary N) is 2. The second-order valence-corrected chi connectivity index (χ2v) is 12.0. The Bertz CT molecular complexity index is 794. The molecule has 0 radical (unpaired) electrons. The summed E-state index contributed by atoms with van der Waals surface area (Å²) < 4.78 is 27.5. The zero-order valence-electron chi connectivity index (χ0n) is 23.1. The van der Waals surface area contributed by atoms with Gasteiger partial charge in [-0.2, -0.15) is 4.72 Å². The molecule has 0 bridgehead atoms. The fourth-order valence-electron chi connectivity index (χ4n) is 4.32. The quantitative estimate of drug-likeness (QED) is 0.153. The molecule has 0 saturated heterocycles. The molecule has 208 valence electrons. The molecule has 1 rings (SSSR count). The molecule has 6 nitrogen and oxygen atoms in total. The van der Waals surface area contributed by atoms with Crippen LogP contribution in [0.15, 0.2) is 29.2 Å². The Morgan fingerprint density at radius 3 is 1.61 bits per heavy atom. The van der Waals surface area contributed by atoms with E-state index in [1.807, 2.05) is 6.92 Å². The van der Waals surface area contributed by atoms with Gasteiger partial charge in [0.05, 0.1) is 11.0 Å². The predicted octanol–water partition coefficient (Wildman–Crippen LogP) is 6.40. The van der Waals surface area contributed by atoms with Gasteiger partial charge < -0.3 is 10.4 Å². The van der Waals surface area contributed by atoms with E-state index in [1.165, 1.54) is 103 Å². The predicted molar refractivity (Wildman–Crippen MR) is 150 cm³/mol. The van der Waals surface area contributed by atoms with Gasteiger partial charge in [-0.15, -0.1) is 0 Å². The number of benzene rings is 1. The molecule has 1 amide bonds. The van der Waals surface area contributed by atoms with Gasteiger partial charge in [0.25, 0.3) is 0 Å². The van der Waals surface area contributed by atoms with Crippen LogP contribution in [0, 0.1) is 6.92 Å². The van der Waals surface area contributed by atoms with E-state index in [-0.39, 0.29) is 4.90 Å². The molecule has 36 heavy (non-hydrogen) atoms. The van der Waals surface area contributed by atoms with E-state index in [4.69, 9.17) is 0 Å². The van der Waals surface area contributed by atoms with E-state index in [2.05, 4.69) is 17.0 Å². The van der Waals surface area contributed by atoms with Crippen molar-refractivity contribution in [3.05, 3.63) is 29.8 Å². The van der Waals surface area contributed by atoms with Crippen molar-refractivity contribution in [3.63, 3.8) is 0 Å². The Labute approximate surface area is 221 Å². The third kappa shape index (κ3) is 15.0. The van der Waals surface area contributed by atoms with Crippen molar-refractivity contribution in [2.45, 2.75) is 141 Å². The first kappa shape index (κ1) is 32.6. The van der Waals surface area contributed by atoms with E-state index < -0.39 is 28.1 Å². The molecule has 2 atom stereocenters. The van der Waals surface area contributed by atoms with Gasteiger partial charge in [-0.05, 0) is 32.4 Å². The molecule has 1 aromatic carbocycles. The van der Waals surface area contributed by atoms with Gasteiger partial charge >= 0.3 is 0 Å². The summed E-state index contributed by atoms with van der Waals surface area (Å²) in [6.45, 7) is 6.03. The zero-order chi connectivity index (χ0) is 26.7. The van der Waals surface area contributed by atoms with Gasteiger partial charge in [0, 0.05) is 6.54 Å². The van der Waals surface area contributed by atoms with Crippen molar-refractivity contribution in [3.8, 4) is 0 Å². The standard InChI is InChI=1S/C29H52N2O4S/c1-4-5-6-7-8-9-10-11-12-13-14-15-16-17-18-19-24-30-29(33)28(26(3)32)31-36(34,35)27-22-20-25(2)21-23-27/h20-23,26,28,31-32H,4-19,24H2,1-3H3,(H,30,33)/t26-,28+/m1/s1. The lowest BCUT2D eigenvalue weighted by Crippen LogP contribution is -2.52. The molecule has 0 heterocycles. The number of aliphatic hydroxyl groups is 1. The minimum atomic E-state index is -3.90. The third-order valence-corrected chi connectivity index (χ3v) is 8.16. The molecule has 1 aromatic rings. The number of carbonyl (C=O) groups is 1. The molecule has 0 fully saturated rings. The van der Waals surface area contributed by atoms with Crippen LogP contribution in [0.25, 0.3) is 0 Å². The van der Waals surface area contributed by atoms with Gasteiger partial charge in [-0.25, -0.2) is 8.42 Å². The Balaban J connectivity index is 2.09. The van der Waals surface area contributed by atoms with Crippen molar-refractivity contribution < 1.29 is 18.3 Å². The van der Waals surface area contributed by atoms with Crippen LogP contribution in [-0.4, -0.2) is 38.1 Å². The van der Waals surface area contributed by atoms with Gasteiger partial charge in [-0.1, -0.05) is 121 Å². The number of aliphatic hydroxyl groups excluding tert-OH is 1. The average Bonchev–Trinajstić information content (AvgIpc) is 2.84. The fourth-order valence-corrected chi connectivity index (χ4v) is 5.59. The van der Waals surface area contributed by atoms with E-state index in [9.17, 15) is 18.3 Å². The first-order valence-electron chi connectivity index (χ1n) is 14.3. The first-order valence-corrected chi connectivity index (χ1v) is 15.8. The van der Waals surface area contributed by atoms with Crippen LogP contribution < -0.4 is 10.0 Å². The van der Waals surface area contributed by atoms with Gasteiger partial charge in [0.1, 0.15) is 6.04 Å². The maximum absolute atomic E-state index is 12.6. The highest BCUT2D eigenvalue weighted by Crippen LogP contribution is 2.14. The normalized spacial score (nSPS) is 13.4. The lowest BCUT2D eigenvalue weighted by atomic mass is 10.0. The molecule has 0 aromatic heterocycles. The molecule has 0 aliphatic carbocycles. The highest BCUT2D eigenvalue weighted by atomic mass is 32.2. The second-order valence-electron chi connectivity index (χ2n) is 10.2. The number of hydrogen-bond donors (Lipinski definition) is 3. The molecule has 7 heteroatoms. The van der Waals surface area contributed by atoms with Gasteiger partial charge in [0.15, 0.2) is 0 Å². The molecule has 0 aliphatic heterocycles. The van der Waals surface area contributed by atoms with Crippen LogP contribution in [-0.2, 0) is 14.8 Å². The lowest BCUT2D eigenvalue weighted by Gasteiger charge is -2.21. The van der Waals surface area contributed by atoms with E-state index in [0.717, 1.165) is 24.8 Å². The SMILES string of the molecule is CCCCCCCCCCCCCCCCCCNC(=O)[C@@H](NS(=O)(=O)c1ccc(C)cc1)[C@@H](C)O. The molecule has 0 aliphatic rings. The number of aryl methyl sites for hydroxylation is 1. The summed E-state index contributed by atoms with van der Waals surface area (Å²) in [5.74, 6) is -0.498. The van der Waals surface area contributed by atoms with Crippen molar-refractivity contribution >= 4 is 15.9 Å². The summed E-state index contributed by atoms with van der Waals surface area (Å²) in [5, 5.41) is 12.8. The lowest BCUT2D eigenvalue weighted by molar-refractivity contribution is -0.124. The maximum Gasteiger partial charge on any atom is 0.241 e. The Hall–Kier alpha value is -1.44. The minimum absolute atomic E-state index is 0.0735. The number of hydrogen-bond acceptors (Lipinski definition) is 4. The number of unbranched alkanes of at least 4 members (excludes halogenated alkanes) is 15. The summed E-state index contributed by atoms with van der Waals surface area (Å²) in [4.78, 5) is 12.6. The number of amides is 1. The highest BCUT2D eigenvalue weighted by Gasteiger charge is 2.29. The van der Waals surface area contributed by atoms with Crippen LogP contribution in [0.2, 0.25) is 0 Å². The average molecular weight is 525 g/mol. The van der Waals surface area contributed by atoms with Crippen LogP contribution in [0.3, 0.4) is 0 Å². The van der Waals surface area contributed by atoms with Crippen molar-refractivity contribution in [1.82, 2.24) is 10.0 Å². The number of rotatable bonds is 22. The summed E-state index contributed by atoms with van der Waals surface area (Å²) in [6.07, 6.45) is 19.5. The smallest absolute Gasteiger partial charge is 0.241 e. The van der Waals surface area contributed by atoms with E-state index in [0.29, 0.717) is 6.54 Å². The molecule has 0 spiro atoms. The highest BCUT2D eigenvalue weighted by molar-refractivity contribution is 7.89. The van der Waals surface area contributed by atoms with Gasteiger partial charge in [-0.3, -0.25) is 4.79 Å². The summed E-state index contributed by atoms with van der Waals surface area (Å²) >= 11 is 0. The maximum atomic E-state index is 12.6. The summed E-state index contributed by atoms with van der Waals surface area (Å²) in [7, 11) is -3.90. The molecular formula is C29H52N2O4S. The topological polar surface area (TPSA) is 95.5 Å². The van der Waals surface area contributed by atoms with Gasteiger partial charge in [0.2, 0.25) is 15.9 Å². The zero-order valence-corrected chi connectivity index (χ0v) is 23.9. The Morgan fingerprint density at radius 1 is 0.778 bits per heavy atom. The molecular weight excluding hydrogens is 472 g/mol. The largest absolute Gasteiger partial charge is 0.391 e. The molecule has 0 unspecified atom stereocenters. The van der Waals surface area contributed by atoms with Crippen molar-refractivity contribution in [2.75, 3.05) is 6.54 Å². The minimum Gasteiger partial charge on any atom is -0.391 e. The van der Waals surface area contributed by atoms with Crippen LogP contribution in [0.4, 0.5) is 0 Å². The number of sulfonamides is 1. The van der Waals surface area contributed by atoms with Crippen LogP contribution >= 0.6 is 0 Å². The third-order valence-electron chi connectivity index (χ3n) is 6.71. The molecule has 3 N–H and O–H groups in total. The molecule has 0 saturated carbocycles. The first-order chi connectivity index (χ1) is 17.3. The van der Waals surface area contributed by atoms with E-state index in [1.54, 1.807) is 12.1 Å². The van der Waals surface area contributed by atoms with E-state index >= 15 is 0 Å².